The van der Waals surface area contributed by atoms with Crippen molar-refractivity contribution in [3.63, 3.8) is 0 Å². The average molecular weight is 285 g/mol. The molecule has 1 aliphatic carbocycles. The van der Waals surface area contributed by atoms with Crippen molar-refractivity contribution in [1.29, 1.82) is 0 Å². The molecule has 0 bridgehead atoms. The van der Waals surface area contributed by atoms with Crippen molar-refractivity contribution in [2.24, 2.45) is 0 Å². The maximum atomic E-state index is 12.7. The fourth-order valence-corrected chi connectivity index (χ4v) is 2.33. The number of carboxylic acids is 1. The summed E-state index contributed by atoms with van der Waals surface area (Å²) in [6, 6.07) is 0.827. The standard InChI is InChI=1S/C12H10F3N3O2/c13-12(14,15)8-4-9-16-5-7(11(19)20)10(18(9)17-8)6-2-1-3-6/h4-6H,1-3H2,(H,19,20). The van der Waals surface area contributed by atoms with Crippen LogP contribution in [0, 0.1) is 0 Å². The van der Waals surface area contributed by atoms with Crippen LogP contribution in [0.5, 0.6) is 0 Å². The number of fused-ring (bicyclic) bond motifs is 1. The minimum absolute atomic E-state index is 0.0178. The SMILES string of the molecule is O=C(O)c1cnc2cc(C(F)(F)F)nn2c1C1CCC1. The van der Waals surface area contributed by atoms with E-state index in [1.165, 1.54) is 0 Å². The molecule has 1 N–H and O–H groups in total. The van der Waals surface area contributed by atoms with E-state index in [0.717, 1.165) is 36.0 Å². The van der Waals surface area contributed by atoms with Gasteiger partial charge in [0.05, 0.1) is 11.3 Å². The van der Waals surface area contributed by atoms with Gasteiger partial charge in [-0.15, -0.1) is 0 Å². The maximum Gasteiger partial charge on any atom is 0.435 e. The van der Waals surface area contributed by atoms with Crippen LogP contribution >= 0.6 is 0 Å². The van der Waals surface area contributed by atoms with Gasteiger partial charge in [0.25, 0.3) is 0 Å². The number of aromatic carboxylic acids is 1. The van der Waals surface area contributed by atoms with E-state index < -0.39 is 17.8 Å². The largest absolute Gasteiger partial charge is 0.478 e. The van der Waals surface area contributed by atoms with E-state index in [9.17, 15) is 18.0 Å². The first-order valence-corrected chi connectivity index (χ1v) is 6.07. The van der Waals surface area contributed by atoms with Gasteiger partial charge in [-0.05, 0) is 12.8 Å². The van der Waals surface area contributed by atoms with Crippen molar-refractivity contribution in [2.75, 3.05) is 0 Å². The molecule has 8 heteroatoms. The van der Waals surface area contributed by atoms with E-state index >= 15 is 0 Å². The lowest BCUT2D eigenvalue weighted by Crippen LogP contribution is -2.19. The molecule has 1 aliphatic rings. The van der Waals surface area contributed by atoms with Crippen LogP contribution in [0.25, 0.3) is 5.65 Å². The first-order valence-electron chi connectivity index (χ1n) is 6.07. The van der Waals surface area contributed by atoms with Crippen molar-refractivity contribution in [3.8, 4) is 0 Å². The Kier molecular flexibility index (Phi) is 2.70. The summed E-state index contributed by atoms with van der Waals surface area (Å²) in [4.78, 5) is 15.0. The summed E-state index contributed by atoms with van der Waals surface area (Å²) in [6.45, 7) is 0. The quantitative estimate of drug-likeness (QED) is 0.921. The molecule has 1 fully saturated rings. The normalized spacial score (nSPS) is 16.4. The molecule has 2 heterocycles. The number of carbonyl (C=O) groups is 1. The molecule has 0 aromatic carbocycles. The number of hydrogen-bond donors (Lipinski definition) is 1. The maximum absolute atomic E-state index is 12.7. The third-order valence-electron chi connectivity index (χ3n) is 3.53. The lowest BCUT2D eigenvalue weighted by Gasteiger charge is -2.27. The molecule has 2 aromatic heterocycles. The van der Waals surface area contributed by atoms with Crippen molar-refractivity contribution in [3.05, 3.63) is 29.2 Å². The van der Waals surface area contributed by atoms with Crippen LogP contribution in [-0.4, -0.2) is 25.7 Å². The molecule has 0 amide bonds. The van der Waals surface area contributed by atoms with Gasteiger partial charge in [0.1, 0.15) is 0 Å². The van der Waals surface area contributed by atoms with E-state index in [0.29, 0.717) is 5.69 Å². The molecule has 0 aliphatic heterocycles. The zero-order valence-corrected chi connectivity index (χ0v) is 10.2. The molecule has 20 heavy (non-hydrogen) atoms. The summed E-state index contributed by atoms with van der Waals surface area (Å²) in [7, 11) is 0. The van der Waals surface area contributed by atoms with Crippen LogP contribution in [-0.2, 0) is 6.18 Å². The van der Waals surface area contributed by atoms with E-state index in [2.05, 4.69) is 10.1 Å². The molecule has 3 rings (SSSR count). The average Bonchev–Trinajstić information content (AvgIpc) is 2.70. The Morgan fingerprint density at radius 3 is 2.60 bits per heavy atom. The highest BCUT2D eigenvalue weighted by molar-refractivity contribution is 5.89. The number of halogens is 3. The van der Waals surface area contributed by atoms with E-state index in [-0.39, 0.29) is 17.1 Å². The second-order valence-electron chi connectivity index (χ2n) is 4.79. The van der Waals surface area contributed by atoms with Gasteiger partial charge in [0, 0.05) is 18.2 Å². The Hall–Kier alpha value is -2.12. The lowest BCUT2D eigenvalue weighted by atomic mass is 9.81. The van der Waals surface area contributed by atoms with E-state index in [1.54, 1.807) is 0 Å². The predicted molar refractivity (Wildman–Crippen MR) is 61.5 cm³/mol. The second kappa shape index (κ2) is 4.19. The summed E-state index contributed by atoms with van der Waals surface area (Å²) in [5.41, 5.74) is -0.819. The summed E-state index contributed by atoms with van der Waals surface area (Å²) in [5, 5.41) is 12.7. The summed E-state index contributed by atoms with van der Waals surface area (Å²) in [5.74, 6) is -1.28. The van der Waals surface area contributed by atoms with Crippen LogP contribution in [0.2, 0.25) is 0 Å². The first kappa shape index (κ1) is 12.9. The van der Waals surface area contributed by atoms with E-state index in [1.807, 2.05) is 0 Å². The molecule has 2 aromatic rings. The number of rotatable bonds is 2. The Morgan fingerprint density at radius 2 is 2.10 bits per heavy atom. The number of aromatic nitrogens is 3. The van der Waals surface area contributed by atoms with Crippen LogP contribution < -0.4 is 0 Å². The zero-order chi connectivity index (χ0) is 14.5. The molecule has 106 valence electrons. The number of carboxylic acid groups (broad SMARTS) is 1. The van der Waals surface area contributed by atoms with Crippen LogP contribution in [0.4, 0.5) is 13.2 Å². The Balaban J connectivity index is 2.25. The highest BCUT2D eigenvalue weighted by Gasteiger charge is 2.36. The summed E-state index contributed by atoms with van der Waals surface area (Å²) >= 11 is 0. The molecular formula is C12H10F3N3O2. The highest BCUT2D eigenvalue weighted by atomic mass is 19.4. The van der Waals surface area contributed by atoms with Crippen LogP contribution in [0.1, 0.15) is 46.9 Å². The minimum Gasteiger partial charge on any atom is -0.478 e. The third-order valence-corrected chi connectivity index (χ3v) is 3.53. The number of nitrogens with zero attached hydrogens (tertiary/aromatic N) is 3. The second-order valence-corrected chi connectivity index (χ2v) is 4.79. The Labute approximate surface area is 111 Å². The predicted octanol–water partition coefficient (Wildman–Crippen LogP) is 2.71. The fraction of sp³-hybridized carbons (Fsp3) is 0.417. The summed E-state index contributed by atoms with van der Waals surface area (Å²) < 4.78 is 39.1. The van der Waals surface area contributed by atoms with Crippen LogP contribution in [0.3, 0.4) is 0 Å². The van der Waals surface area contributed by atoms with E-state index in [4.69, 9.17) is 5.11 Å². The van der Waals surface area contributed by atoms with Gasteiger partial charge in [0.2, 0.25) is 0 Å². The molecule has 0 spiro atoms. The molecule has 0 saturated heterocycles. The minimum atomic E-state index is -4.58. The molecule has 0 atom stereocenters. The molecule has 5 nitrogen and oxygen atoms in total. The van der Waals surface area contributed by atoms with Crippen LogP contribution in [0.15, 0.2) is 12.3 Å². The number of hydrogen-bond acceptors (Lipinski definition) is 3. The van der Waals surface area contributed by atoms with Gasteiger partial charge >= 0.3 is 12.1 Å². The van der Waals surface area contributed by atoms with Gasteiger partial charge < -0.3 is 5.11 Å². The first-order chi connectivity index (χ1) is 9.38. The number of alkyl halides is 3. The van der Waals surface area contributed by atoms with Gasteiger partial charge in [-0.3, -0.25) is 0 Å². The molecule has 0 radical (unpaired) electrons. The Bertz CT molecular complexity index is 689. The molecular weight excluding hydrogens is 275 g/mol. The highest BCUT2D eigenvalue weighted by Crippen LogP contribution is 2.38. The van der Waals surface area contributed by atoms with Gasteiger partial charge in [-0.25, -0.2) is 14.3 Å². The van der Waals surface area contributed by atoms with Crippen molar-refractivity contribution < 1.29 is 23.1 Å². The van der Waals surface area contributed by atoms with Gasteiger partial charge in [-0.2, -0.15) is 18.3 Å². The lowest BCUT2D eigenvalue weighted by molar-refractivity contribution is -0.141. The fourth-order valence-electron chi connectivity index (χ4n) is 2.33. The third kappa shape index (κ3) is 1.91. The van der Waals surface area contributed by atoms with Crippen molar-refractivity contribution in [1.82, 2.24) is 14.6 Å². The van der Waals surface area contributed by atoms with Crippen molar-refractivity contribution in [2.45, 2.75) is 31.4 Å². The molecule has 0 unspecified atom stereocenters. The monoisotopic (exact) mass is 285 g/mol. The Morgan fingerprint density at radius 1 is 1.40 bits per heavy atom. The zero-order valence-electron chi connectivity index (χ0n) is 10.2. The smallest absolute Gasteiger partial charge is 0.435 e. The topological polar surface area (TPSA) is 67.5 Å². The van der Waals surface area contributed by atoms with Crippen molar-refractivity contribution >= 4 is 11.6 Å². The summed E-state index contributed by atoms with van der Waals surface area (Å²) in [6.07, 6.45) is -1.04. The van der Waals surface area contributed by atoms with Gasteiger partial charge in [0.15, 0.2) is 11.3 Å². The molecule has 1 saturated carbocycles. The van der Waals surface area contributed by atoms with Gasteiger partial charge in [-0.1, -0.05) is 6.42 Å².